The third kappa shape index (κ3) is 10.2. The van der Waals surface area contributed by atoms with Crippen LogP contribution in [0.4, 0.5) is 4.79 Å². The number of carbonyl (C=O) groups is 3. The molecular weight excluding hydrogens is 456 g/mol. The van der Waals surface area contributed by atoms with E-state index < -0.39 is 5.97 Å². The average Bonchev–Trinajstić information content (AvgIpc) is 3.15. The van der Waals surface area contributed by atoms with E-state index in [1.807, 2.05) is 19.9 Å². The third-order valence-corrected chi connectivity index (χ3v) is 8.45. The van der Waals surface area contributed by atoms with Gasteiger partial charge in [0.1, 0.15) is 6.54 Å². The van der Waals surface area contributed by atoms with Crippen LogP contribution in [0.1, 0.15) is 111 Å². The van der Waals surface area contributed by atoms with Crippen LogP contribution in [-0.4, -0.2) is 65.7 Å². The van der Waals surface area contributed by atoms with Gasteiger partial charge < -0.3 is 14.7 Å². The number of aliphatic carboxylic acids is 1. The highest BCUT2D eigenvalue weighted by Gasteiger charge is 2.34. The molecule has 1 N–H and O–H groups in total. The van der Waals surface area contributed by atoms with Gasteiger partial charge in [-0.25, -0.2) is 4.79 Å². The zero-order chi connectivity index (χ0) is 27.0. The number of allylic oxidation sites excluding steroid dienone is 1. The Hall–Kier alpha value is -1.89. The Labute approximate surface area is 219 Å². The molecule has 3 amide bonds. The first kappa shape index (κ1) is 32.1. The van der Waals surface area contributed by atoms with Crippen molar-refractivity contribution in [3.05, 3.63) is 12.7 Å². The predicted octanol–water partition coefficient (Wildman–Crippen LogP) is 6.66. The van der Waals surface area contributed by atoms with Gasteiger partial charge in [-0.1, -0.05) is 59.0 Å². The summed E-state index contributed by atoms with van der Waals surface area (Å²) < 4.78 is 5.86. The molecule has 208 valence electrons. The van der Waals surface area contributed by atoms with Gasteiger partial charge in [-0.15, -0.1) is 6.58 Å². The minimum Gasteiger partial charge on any atom is -0.481 e. The molecule has 0 spiro atoms. The Bertz CT molecular complexity index is 691. The van der Waals surface area contributed by atoms with Gasteiger partial charge >= 0.3 is 12.0 Å². The summed E-state index contributed by atoms with van der Waals surface area (Å²) in [5.74, 6) is -0.826. The maximum atomic E-state index is 12.2. The molecule has 0 aromatic heterocycles. The molecule has 1 atom stereocenters. The molecule has 0 bridgehead atoms. The van der Waals surface area contributed by atoms with Crippen molar-refractivity contribution in [1.29, 1.82) is 0 Å². The molecule has 7 heteroatoms. The summed E-state index contributed by atoms with van der Waals surface area (Å²) in [4.78, 5) is 38.5. The number of ether oxygens (including phenoxy) is 1. The van der Waals surface area contributed by atoms with Crippen LogP contribution in [0.15, 0.2) is 12.7 Å². The zero-order valence-electron chi connectivity index (χ0n) is 23.5. The van der Waals surface area contributed by atoms with E-state index in [1.54, 1.807) is 4.90 Å². The molecule has 7 nitrogen and oxygen atoms in total. The molecule has 1 saturated heterocycles. The highest BCUT2D eigenvalue weighted by molar-refractivity contribution is 6.01. The maximum Gasteiger partial charge on any atom is 0.327 e. The molecule has 0 aromatic carbocycles. The minimum absolute atomic E-state index is 0.0650. The quantitative estimate of drug-likeness (QED) is 0.100. The van der Waals surface area contributed by atoms with Gasteiger partial charge in [0.05, 0.1) is 6.42 Å². The lowest BCUT2D eigenvalue weighted by molar-refractivity contribution is -0.139. The average molecular weight is 509 g/mol. The molecule has 0 saturated carbocycles. The molecule has 0 aliphatic carbocycles. The second-order valence-electron chi connectivity index (χ2n) is 10.5. The monoisotopic (exact) mass is 508 g/mol. The van der Waals surface area contributed by atoms with Crippen LogP contribution in [0.5, 0.6) is 0 Å². The molecule has 36 heavy (non-hydrogen) atoms. The van der Waals surface area contributed by atoms with Gasteiger partial charge in [0.15, 0.2) is 0 Å². The third-order valence-electron chi connectivity index (χ3n) is 8.45. The van der Waals surface area contributed by atoms with E-state index in [-0.39, 0.29) is 30.3 Å². The normalized spacial score (nSPS) is 16.0. The minimum atomic E-state index is -0.761. The molecule has 1 aliphatic heterocycles. The van der Waals surface area contributed by atoms with Crippen LogP contribution in [0.25, 0.3) is 0 Å². The molecule has 1 fully saturated rings. The van der Waals surface area contributed by atoms with Crippen molar-refractivity contribution >= 4 is 17.9 Å². The summed E-state index contributed by atoms with van der Waals surface area (Å²) in [6.45, 7) is 15.2. The van der Waals surface area contributed by atoms with Crippen molar-refractivity contribution in [2.75, 3.05) is 32.8 Å². The molecule has 1 aliphatic rings. The zero-order valence-corrected chi connectivity index (χ0v) is 23.5. The van der Waals surface area contributed by atoms with E-state index >= 15 is 0 Å². The number of hydrogen-bond donors (Lipinski definition) is 1. The number of carboxylic acid groups (broad SMARTS) is 1. The number of hydrogen-bond acceptors (Lipinski definition) is 4. The van der Waals surface area contributed by atoms with E-state index in [9.17, 15) is 14.4 Å². The van der Waals surface area contributed by atoms with Crippen molar-refractivity contribution in [2.24, 2.45) is 10.8 Å². The van der Waals surface area contributed by atoms with Gasteiger partial charge in [-0.05, 0) is 62.7 Å². The fourth-order valence-electron chi connectivity index (χ4n) is 5.41. The summed E-state index contributed by atoms with van der Waals surface area (Å²) in [6, 6.07) is -0.134. The molecular formula is C29H52N2O5. The number of carbonyl (C=O) groups excluding carboxylic acids is 2. The van der Waals surface area contributed by atoms with E-state index in [2.05, 4.69) is 20.4 Å². The fraction of sp³-hybridized carbons (Fsp3) is 0.828. The lowest BCUT2D eigenvalue weighted by Gasteiger charge is -2.32. The molecule has 0 aromatic rings. The first-order chi connectivity index (χ1) is 17.2. The number of likely N-dealkylation sites (N-methyl/N-ethyl adjacent to an activating group) is 1. The van der Waals surface area contributed by atoms with Crippen molar-refractivity contribution in [1.82, 2.24) is 9.80 Å². The summed E-state index contributed by atoms with van der Waals surface area (Å²) >= 11 is 0. The summed E-state index contributed by atoms with van der Waals surface area (Å²) in [5.41, 5.74) is 0.0255. The van der Waals surface area contributed by atoms with E-state index in [0.29, 0.717) is 18.5 Å². The largest absolute Gasteiger partial charge is 0.481 e. The van der Waals surface area contributed by atoms with Gasteiger partial charge in [0, 0.05) is 26.3 Å². The molecule has 1 rings (SSSR count). The second kappa shape index (κ2) is 16.8. The number of rotatable bonds is 22. The Morgan fingerprint density at radius 2 is 1.53 bits per heavy atom. The molecule has 1 heterocycles. The highest BCUT2D eigenvalue weighted by atomic mass is 16.5. The Kier molecular flexibility index (Phi) is 15.0. The van der Waals surface area contributed by atoms with Crippen molar-refractivity contribution in [3.63, 3.8) is 0 Å². The van der Waals surface area contributed by atoms with Crippen molar-refractivity contribution in [3.8, 4) is 0 Å². The predicted molar refractivity (Wildman–Crippen MR) is 145 cm³/mol. The smallest absolute Gasteiger partial charge is 0.327 e. The van der Waals surface area contributed by atoms with E-state index in [0.717, 1.165) is 83.8 Å². The summed E-state index contributed by atoms with van der Waals surface area (Å²) in [5, 5.41) is 9.17. The number of carboxylic acids is 1. The Morgan fingerprint density at radius 3 is 2.00 bits per heavy atom. The number of amides is 3. The van der Waals surface area contributed by atoms with Crippen molar-refractivity contribution in [2.45, 2.75) is 111 Å². The van der Waals surface area contributed by atoms with Crippen molar-refractivity contribution < 1.29 is 24.2 Å². The van der Waals surface area contributed by atoms with E-state index in [4.69, 9.17) is 9.84 Å². The summed E-state index contributed by atoms with van der Waals surface area (Å²) in [6.07, 6.45) is 14.2. The Balaban J connectivity index is 2.23. The lowest BCUT2D eigenvalue weighted by Crippen LogP contribution is -2.33. The first-order valence-electron chi connectivity index (χ1n) is 14.2. The standard InChI is InChI=1S/C29H52N2O5/c1-6-28(7-2,17-11-14-20-31-25(32)24-30(10-5)27(31)35)18-12-15-21-36-22-16-13-19-29(8-3,9-4)23-26(33)34/h8H,3,6-7,9-24H2,1-2,4-5H3,(H,33,34). The van der Waals surface area contributed by atoms with Crippen LogP contribution in [0.2, 0.25) is 0 Å². The second-order valence-corrected chi connectivity index (χ2v) is 10.5. The van der Waals surface area contributed by atoms with Crippen LogP contribution >= 0.6 is 0 Å². The van der Waals surface area contributed by atoms with Crippen LogP contribution < -0.4 is 0 Å². The number of nitrogens with zero attached hydrogens (tertiary/aromatic N) is 2. The first-order valence-corrected chi connectivity index (χ1v) is 14.2. The van der Waals surface area contributed by atoms with Gasteiger partial charge in [0.25, 0.3) is 0 Å². The molecule has 0 radical (unpaired) electrons. The van der Waals surface area contributed by atoms with Gasteiger partial charge in [-0.3, -0.25) is 14.5 Å². The number of unbranched alkanes of at least 4 members (excludes halogenated alkanes) is 3. The maximum absolute atomic E-state index is 12.2. The van der Waals surface area contributed by atoms with Gasteiger partial charge in [-0.2, -0.15) is 0 Å². The fourth-order valence-corrected chi connectivity index (χ4v) is 5.41. The Morgan fingerprint density at radius 1 is 0.944 bits per heavy atom. The van der Waals surface area contributed by atoms with E-state index in [1.165, 1.54) is 11.3 Å². The van der Waals surface area contributed by atoms with Crippen LogP contribution in [0, 0.1) is 10.8 Å². The molecule has 1 unspecified atom stereocenters. The SMILES string of the molecule is C=CC(CC)(CCCCOCCCCC(CC)(CC)CCCCN1C(=O)CN(CC)C1=O)CC(=O)O. The lowest BCUT2D eigenvalue weighted by atomic mass is 9.74. The van der Waals surface area contributed by atoms with Crippen LogP contribution in [-0.2, 0) is 14.3 Å². The number of urea groups is 1. The van der Waals surface area contributed by atoms with Gasteiger partial charge in [0.2, 0.25) is 5.91 Å². The highest BCUT2D eigenvalue weighted by Crippen LogP contribution is 2.38. The van der Waals surface area contributed by atoms with Crippen LogP contribution in [0.3, 0.4) is 0 Å². The number of imide groups is 1. The summed E-state index contributed by atoms with van der Waals surface area (Å²) in [7, 11) is 0. The topological polar surface area (TPSA) is 87.2 Å².